The fraction of sp³-hybridized carbons (Fsp3) is 0.500. The molecule has 0 aromatic heterocycles. The number of aliphatic imine (C=N–C) groups is 1. The number of anilines is 1. The molecular weight excluding hydrogens is 643 g/mol. The average molecular weight is 712 g/mol. The molecule has 3 heteroatoms. The standard InChI is InChI=1S/C50H69N3/c1-31(2)36-20-22-37(23-21-36)48(38-24-26-39(27-25-38)50(11,12)13)46-28-40(30-51-46)52-47(29-45-41(32(3)4)16-14-17-42(45)33(5)6)53-49-43(34(7)8)18-15-19-44(49)35(9)10/h14-27,31-35,40,46,48,51H,28-30H2,1-13H3,(H,52,53)/t40-,46-,48?/m1/s1. The lowest BCUT2D eigenvalue weighted by Gasteiger charge is -2.27. The predicted octanol–water partition coefficient (Wildman–Crippen LogP) is 13.2. The molecule has 1 unspecified atom stereocenters. The van der Waals surface area contributed by atoms with Gasteiger partial charge in [0.2, 0.25) is 0 Å². The number of hydrogen-bond acceptors (Lipinski definition) is 2. The van der Waals surface area contributed by atoms with Gasteiger partial charge < -0.3 is 10.6 Å². The summed E-state index contributed by atoms with van der Waals surface area (Å²) in [4.78, 5) is 5.71. The zero-order chi connectivity index (χ0) is 38.6. The van der Waals surface area contributed by atoms with Crippen molar-refractivity contribution in [3.63, 3.8) is 0 Å². The van der Waals surface area contributed by atoms with E-state index in [-0.39, 0.29) is 23.4 Å². The summed E-state index contributed by atoms with van der Waals surface area (Å²) >= 11 is 0. The van der Waals surface area contributed by atoms with Crippen molar-refractivity contribution < 1.29 is 0 Å². The maximum atomic E-state index is 5.71. The van der Waals surface area contributed by atoms with Crippen molar-refractivity contribution in [2.45, 2.75) is 156 Å². The number of benzene rings is 4. The second-order valence-electron chi connectivity index (χ2n) is 18.3. The minimum atomic E-state index is 0.120. The SMILES string of the molecule is CC(C)c1ccc(C(c2ccc(C(C)(C)C)cc2)[C@H]2C[C@@H](N=C(Cc3c(C(C)C)cccc3C(C)C)Nc3c(C(C)C)cccc3C(C)C)CN2)cc1. The first kappa shape index (κ1) is 40.5. The van der Waals surface area contributed by atoms with E-state index in [1.807, 2.05) is 0 Å². The molecule has 1 heterocycles. The lowest BCUT2D eigenvalue weighted by molar-refractivity contribution is 0.534. The number of amidine groups is 1. The van der Waals surface area contributed by atoms with Gasteiger partial charge in [-0.1, -0.05) is 175 Å². The van der Waals surface area contributed by atoms with Gasteiger partial charge in [0.15, 0.2) is 0 Å². The highest BCUT2D eigenvalue weighted by Gasteiger charge is 2.33. The van der Waals surface area contributed by atoms with E-state index in [9.17, 15) is 0 Å². The fourth-order valence-corrected chi connectivity index (χ4v) is 8.29. The second-order valence-corrected chi connectivity index (χ2v) is 18.3. The molecule has 1 fully saturated rings. The molecule has 5 rings (SSSR count). The van der Waals surface area contributed by atoms with Gasteiger partial charge in [-0.3, -0.25) is 4.99 Å². The van der Waals surface area contributed by atoms with Crippen molar-refractivity contribution in [3.05, 3.63) is 135 Å². The molecule has 1 aliphatic heterocycles. The first-order valence-corrected chi connectivity index (χ1v) is 20.6. The van der Waals surface area contributed by atoms with Crippen LogP contribution in [0.25, 0.3) is 0 Å². The molecule has 53 heavy (non-hydrogen) atoms. The fourth-order valence-electron chi connectivity index (χ4n) is 8.29. The molecule has 0 spiro atoms. The van der Waals surface area contributed by atoms with Gasteiger partial charge in [0, 0.05) is 30.6 Å². The topological polar surface area (TPSA) is 36.4 Å². The lowest BCUT2D eigenvalue weighted by atomic mass is 9.81. The largest absolute Gasteiger partial charge is 0.343 e. The maximum Gasteiger partial charge on any atom is 0.106 e. The van der Waals surface area contributed by atoms with Crippen LogP contribution >= 0.6 is 0 Å². The number of rotatable bonds is 12. The molecule has 3 atom stereocenters. The van der Waals surface area contributed by atoms with Crippen LogP contribution in [0.3, 0.4) is 0 Å². The van der Waals surface area contributed by atoms with Crippen LogP contribution in [0.1, 0.15) is 182 Å². The Morgan fingerprint density at radius 3 is 1.53 bits per heavy atom. The highest BCUT2D eigenvalue weighted by Crippen LogP contribution is 2.37. The van der Waals surface area contributed by atoms with Crippen LogP contribution in [0.4, 0.5) is 5.69 Å². The van der Waals surface area contributed by atoms with E-state index < -0.39 is 0 Å². The number of para-hydroxylation sites is 1. The van der Waals surface area contributed by atoms with Crippen LogP contribution in [-0.4, -0.2) is 24.5 Å². The van der Waals surface area contributed by atoms with Crippen LogP contribution in [0.2, 0.25) is 0 Å². The molecule has 0 amide bonds. The molecule has 0 aliphatic carbocycles. The molecule has 1 saturated heterocycles. The smallest absolute Gasteiger partial charge is 0.106 e. The molecule has 2 N–H and O–H groups in total. The normalized spacial score (nSPS) is 17.5. The monoisotopic (exact) mass is 712 g/mol. The van der Waals surface area contributed by atoms with Gasteiger partial charge in [0.25, 0.3) is 0 Å². The van der Waals surface area contributed by atoms with E-state index in [1.165, 1.54) is 55.8 Å². The molecule has 0 bridgehead atoms. The van der Waals surface area contributed by atoms with Crippen LogP contribution in [-0.2, 0) is 11.8 Å². The summed E-state index contributed by atoms with van der Waals surface area (Å²) in [5.74, 6) is 3.50. The minimum Gasteiger partial charge on any atom is -0.343 e. The first-order valence-electron chi connectivity index (χ1n) is 20.6. The Balaban J connectivity index is 1.57. The summed E-state index contributed by atoms with van der Waals surface area (Å²) < 4.78 is 0. The van der Waals surface area contributed by atoms with Gasteiger partial charge in [-0.05, 0) is 91.5 Å². The van der Waals surface area contributed by atoms with E-state index >= 15 is 0 Å². The third-order valence-corrected chi connectivity index (χ3v) is 11.5. The lowest BCUT2D eigenvalue weighted by Crippen LogP contribution is -2.29. The van der Waals surface area contributed by atoms with Gasteiger partial charge in [0.05, 0.1) is 6.04 Å². The molecular formula is C50H69N3. The minimum absolute atomic E-state index is 0.120. The molecule has 284 valence electrons. The van der Waals surface area contributed by atoms with E-state index in [0.29, 0.717) is 29.6 Å². The molecule has 4 aromatic carbocycles. The van der Waals surface area contributed by atoms with Crippen molar-refractivity contribution >= 4 is 11.5 Å². The Morgan fingerprint density at radius 2 is 1.08 bits per heavy atom. The van der Waals surface area contributed by atoms with Gasteiger partial charge >= 0.3 is 0 Å². The maximum absolute atomic E-state index is 5.71. The third-order valence-electron chi connectivity index (χ3n) is 11.5. The molecule has 0 radical (unpaired) electrons. The summed E-state index contributed by atoms with van der Waals surface area (Å²) in [6.45, 7) is 30.8. The number of hydrogen-bond donors (Lipinski definition) is 2. The summed E-state index contributed by atoms with van der Waals surface area (Å²) in [6, 6.07) is 33.0. The highest BCUT2D eigenvalue weighted by atomic mass is 15.1. The van der Waals surface area contributed by atoms with Crippen molar-refractivity contribution in [3.8, 4) is 0 Å². The van der Waals surface area contributed by atoms with Crippen molar-refractivity contribution in [2.75, 3.05) is 11.9 Å². The number of nitrogens with zero attached hydrogens (tertiary/aromatic N) is 1. The summed E-state index contributed by atoms with van der Waals surface area (Å²) in [5.41, 5.74) is 13.9. The van der Waals surface area contributed by atoms with E-state index in [2.05, 4.69) is 186 Å². The van der Waals surface area contributed by atoms with Gasteiger partial charge in [-0.25, -0.2) is 0 Å². The van der Waals surface area contributed by atoms with Crippen molar-refractivity contribution in [2.24, 2.45) is 4.99 Å². The van der Waals surface area contributed by atoms with Gasteiger partial charge in [-0.2, -0.15) is 0 Å². The van der Waals surface area contributed by atoms with Crippen LogP contribution in [0.15, 0.2) is 89.9 Å². The zero-order valence-electron chi connectivity index (χ0n) is 35.3. The summed E-state index contributed by atoms with van der Waals surface area (Å²) in [6.07, 6.45) is 1.77. The highest BCUT2D eigenvalue weighted by molar-refractivity contribution is 5.99. The Bertz CT molecular complexity index is 1700. The molecule has 1 aliphatic rings. The van der Waals surface area contributed by atoms with E-state index in [4.69, 9.17) is 4.99 Å². The Hall–Kier alpha value is -3.69. The van der Waals surface area contributed by atoms with Crippen LogP contribution < -0.4 is 10.6 Å². The van der Waals surface area contributed by atoms with Crippen molar-refractivity contribution in [1.29, 1.82) is 0 Å². The Labute approximate surface area is 323 Å². The van der Waals surface area contributed by atoms with E-state index in [1.54, 1.807) is 0 Å². The average Bonchev–Trinajstić information content (AvgIpc) is 3.55. The van der Waals surface area contributed by atoms with E-state index in [0.717, 1.165) is 25.2 Å². The van der Waals surface area contributed by atoms with Crippen LogP contribution in [0.5, 0.6) is 0 Å². The predicted molar refractivity (Wildman–Crippen MR) is 232 cm³/mol. The molecule has 3 nitrogen and oxygen atoms in total. The van der Waals surface area contributed by atoms with Crippen LogP contribution in [0, 0.1) is 0 Å². The quantitative estimate of drug-likeness (QED) is 0.113. The Morgan fingerprint density at radius 1 is 0.623 bits per heavy atom. The second kappa shape index (κ2) is 17.2. The third kappa shape index (κ3) is 9.71. The van der Waals surface area contributed by atoms with Crippen molar-refractivity contribution in [1.82, 2.24) is 5.32 Å². The van der Waals surface area contributed by atoms with Gasteiger partial charge in [0.1, 0.15) is 5.84 Å². The molecule has 0 saturated carbocycles. The zero-order valence-corrected chi connectivity index (χ0v) is 35.3. The summed E-state index contributed by atoms with van der Waals surface area (Å²) in [7, 11) is 0. The molecule has 4 aromatic rings. The van der Waals surface area contributed by atoms with Gasteiger partial charge in [-0.15, -0.1) is 0 Å². The summed E-state index contributed by atoms with van der Waals surface area (Å²) in [5, 5.41) is 8.06. The Kier molecular flexibility index (Phi) is 13.1. The number of nitrogens with one attached hydrogen (secondary N) is 2. The first-order chi connectivity index (χ1) is 25.0.